The smallest absolute Gasteiger partial charge is 0.261 e. The largest absolute Gasteiger partial charge is 0.382 e. The van der Waals surface area contributed by atoms with Crippen LogP contribution in [0.3, 0.4) is 0 Å². The van der Waals surface area contributed by atoms with Gasteiger partial charge in [-0.3, -0.25) is 9.54 Å². The molecule has 0 saturated carbocycles. The highest BCUT2D eigenvalue weighted by molar-refractivity contribution is 7.85. The van der Waals surface area contributed by atoms with E-state index in [9.17, 15) is 8.42 Å². The van der Waals surface area contributed by atoms with Gasteiger partial charge in [0.1, 0.15) is 11.0 Å². The van der Waals surface area contributed by atoms with Crippen LogP contribution in [0.5, 0.6) is 0 Å². The topological polar surface area (TPSA) is 135 Å². The molecule has 3 aromatic rings. The Morgan fingerprint density at radius 3 is 2.68 bits per heavy atom. The summed E-state index contributed by atoms with van der Waals surface area (Å²) in [5, 5.41) is 0. The molecule has 3 aromatic heterocycles. The summed E-state index contributed by atoms with van der Waals surface area (Å²) < 4.78 is 25.9. The molecule has 0 aliphatic rings. The van der Waals surface area contributed by atoms with Crippen molar-refractivity contribution in [2.75, 3.05) is 12.0 Å². The van der Waals surface area contributed by atoms with Crippen LogP contribution in [0.4, 0.5) is 5.82 Å². The highest BCUT2D eigenvalue weighted by Gasteiger charge is 2.07. The maximum Gasteiger partial charge on any atom is 0.261 e. The van der Waals surface area contributed by atoms with Crippen molar-refractivity contribution in [1.29, 1.82) is 0 Å². The van der Waals surface area contributed by atoms with Crippen molar-refractivity contribution in [1.82, 2.24) is 19.9 Å². The number of hydrogen-bond donors (Lipinski definition) is 3. The molecule has 0 saturated heterocycles. The lowest BCUT2D eigenvalue weighted by molar-refractivity contribution is 0.490. The number of nitrogen functional groups attached to an aromatic ring is 1. The number of imidazole rings is 1. The molecule has 3 heterocycles. The minimum atomic E-state index is -3.67. The van der Waals surface area contributed by atoms with Crippen LogP contribution in [0.25, 0.3) is 22.1 Å². The first kappa shape index (κ1) is 13.2. The first-order chi connectivity index (χ1) is 8.86. The molecule has 0 aliphatic carbocycles. The van der Waals surface area contributed by atoms with Crippen molar-refractivity contribution >= 4 is 38.0 Å². The third-order valence-electron chi connectivity index (χ3n) is 2.15. The number of aromatic nitrogens is 4. The molecule has 8 nitrogen and oxygen atoms in total. The molecule has 0 atom stereocenters. The van der Waals surface area contributed by atoms with E-state index in [0.717, 1.165) is 16.6 Å². The van der Waals surface area contributed by atoms with Gasteiger partial charge in [-0.25, -0.2) is 9.97 Å². The molecule has 0 aliphatic heterocycles. The second-order valence-electron chi connectivity index (χ2n) is 3.73. The standard InChI is InChI=1S/C9H7N5.CH4O3S/c10-9-8-7(12-4-13-8)6-5(14-9)2-1-3-11-6;1-5(2,3)4/h1-4H,(H2,10,14)(H,12,13);1H3,(H,2,3,4). The molecule has 0 aromatic carbocycles. The second kappa shape index (κ2) is 4.78. The minimum absolute atomic E-state index is 0.432. The van der Waals surface area contributed by atoms with E-state index >= 15 is 0 Å². The Morgan fingerprint density at radius 1 is 1.32 bits per heavy atom. The lowest BCUT2D eigenvalue weighted by Gasteiger charge is -1.99. The Kier molecular flexibility index (Phi) is 3.32. The summed E-state index contributed by atoms with van der Waals surface area (Å²) in [5.74, 6) is 0.432. The van der Waals surface area contributed by atoms with E-state index in [1.54, 1.807) is 12.5 Å². The van der Waals surface area contributed by atoms with Crippen molar-refractivity contribution < 1.29 is 13.0 Å². The Hall–Kier alpha value is -2.26. The molecule has 0 radical (unpaired) electrons. The Morgan fingerprint density at radius 2 is 2.00 bits per heavy atom. The Bertz CT molecular complexity index is 819. The lowest BCUT2D eigenvalue weighted by Crippen LogP contribution is -1.93. The number of fused-ring (bicyclic) bond motifs is 3. The minimum Gasteiger partial charge on any atom is -0.382 e. The van der Waals surface area contributed by atoms with Crippen LogP contribution < -0.4 is 5.73 Å². The number of hydrogen-bond acceptors (Lipinski definition) is 6. The number of nitrogens with zero attached hydrogens (tertiary/aromatic N) is 3. The highest BCUT2D eigenvalue weighted by Crippen LogP contribution is 2.22. The molecule has 0 amide bonds. The van der Waals surface area contributed by atoms with Crippen LogP contribution in [0.2, 0.25) is 0 Å². The molecule has 0 spiro atoms. The molecular formula is C10H11N5O3S. The molecule has 100 valence electrons. The normalized spacial score (nSPS) is 11.3. The quantitative estimate of drug-likeness (QED) is 0.513. The Balaban J connectivity index is 0.000000232. The van der Waals surface area contributed by atoms with Crippen molar-refractivity contribution in [3.63, 3.8) is 0 Å². The van der Waals surface area contributed by atoms with Crippen LogP contribution >= 0.6 is 0 Å². The zero-order valence-corrected chi connectivity index (χ0v) is 10.7. The maximum absolute atomic E-state index is 9.19. The van der Waals surface area contributed by atoms with Gasteiger partial charge >= 0.3 is 0 Å². The van der Waals surface area contributed by atoms with Gasteiger partial charge in [-0.05, 0) is 12.1 Å². The van der Waals surface area contributed by atoms with Crippen LogP contribution in [0.1, 0.15) is 0 Å². The molecule has 0 bridgehead atoms. The second-order valence-corrected chi connectivity index (χ2v) is 5.19. The molecule has 0 unspecified atom stereocenters. The predicted molar refractivity (Wildman–Crippen MR) is 71.1 cm³/mol. The number of rotatable bonds is 0. The third-order valence-corrected chi connectivity index (χ3v) is 2.15. The summed E-state index contributed by atoms with van der Waals surface area (Å²) in [6.07, 6.45) is 4.03. The molecule has 0 fully saturated rings. The third kappa shape index (κ3) is 3.14. The van der Waals surface area contributed by atoms with Crippen LogP contribution in [-0.2, 0) is 10.1 Å². The number of pyridine rings is 2. The van der Waals surface area contributed by atoms with Gasteiger partial charge in [0.2, 0.25) is 0 Å². The summed E-state index contributed by atoms with van der Waals surface area (Å²) in [6.45, 7) is 0. The number of nitrogens with two attached hydrogens (primary N) is 1. The summed E-state index contributed by atoms with van der Waals surface area (Å²) in [7, 11) is -3.67. The molecule has 19 heavy (non-hydrogen) atoms. The van der Waals surface area contributed by atoms with Crippen molar-refractivity contribution in [2.24, 2.45) is 0 Å². The van der Waals surface area contributed by atoms with E-state index in [0.29, 0.717) is 17.6 Å². The van der Waals surface area contributed by atoms with Crippen LogP contribution in [0, 0.1) is 0 Å². The fraction of sp³-hybridized carbons (Fsp3) is 0.100. The summed E-state index contributed by atoms with van der Waals surface area (Å²) in [6, 6.07) is 3.70. The van der Waals surface area contributed by atoms with Crippen LogP contribution in [0.15, 0.2) is 24.7 Å². The highest BCUT2D eigenvalue weighted by atomic mass is 32.2. The van der Waals surface area contributed by atoms with Gasteiger partial charge in [0, 0.05) is 6.20 Å². The van der Waals surface area contributed by atoms with E-state index in [1.807, 2.05) is 12.1 Å². The summed E-state index contributed by atoms with van der Waals surface area (Å²) in [5.41, 5.74) is 8.84. The number of H-pyrrole nitrogens is 1. The molecule has 4 N–H and O–H groups in total. The first-order valence-electron chi connectivity index (χ1n) is 5.12. The van der Waals surface area contributed by atoms with Crippen LogP contribution in [-0.4, -0.2) is 39.2 Å². The first-order valence-corrected chi connectivity index (χ1v) is 6.97. The van der Waals surface area contributed by atoms with Gasteiger partial charge in [-0.15, -0.1) is 0 Å². The zero-order chi connectivity index (χ0) is 14.0. The van der Waals surface area contributed by atoms with Gasteiger partial charge in [0.15, 0.2) is 5.82 Å². The van der Waals surface area contributed by atoms with E-state index in [4.69, 9.17) is 10.3 Å². The average molecular weight is 281 g/mol. The van der Waals surface area contributed by atoms with Crippen molar-refractivity contribution in [3.05, 3.63) is 24.7 Å². The summed E-state index contributed by atoms with van der Waals surface area (Å²) in [4.78, 5) is 15.5. The number of nitrogens with one attached hydrogen (secondary N) is 1. The number of aromatic amines is 1. The van der Waals surface area contributed by atoms with Gasteiger partial charge in [0.25, 0.3) is 10.1 Å². The SMILES string of the molecule is CS(=O)(=O)O.Nc1nc2cccnc2c2[nH]cnc12. The van der Waals surface area contributed by atoms with Crippen molar-refractivity contribution in [2.45, 2.75) is 0 Å². The van der Waals surface area contributed by atoms with Gasteiger partial charge in [-0.1, -0.05) is 0 Å². The van der Waals surface area contributed by atoms with Crippen molar-refractivity contribution in [3.8, 4) is 0 Å². The van der Waals surface area contributed by atoms with E-state index < -0.39 is 10.1 Å². The zero-order valence-electron chi connectivity index (χ0n) is 9.90. The molecule has 9 heteroatoms. The average Bonchev–Trinajstić information content (AvgIpc) is 2.76. The van der Waals surface area contributed by atoms with E-state index in [2.05, 4.69) is 19.9 Å². The summed E-state index contributed by atoms with van der Waals surface area (Å²) >= 11 is 0. The lowest BCUT2D eigenvalue weighted by atomic mass is 10.3. The van der Waals surface area contributed by atoms with E-state index in [1.165, 1.54) is 0 Å². The fourth-order valence-electron chi connectivity index (χ4n) is 1.53. The van der Waals surface area contributed by atoms with E-state index in [-0.39, 0.29) is 0 Å². The van der Waals surface area contributed by atoms with Gasteiger partial charge in [0.05, 0.1) is 23.6 Å². The maximum atomic E-state index is 9.19. The predicted octanol–water partition coefficient (Wildman–Crippen LogP) is 0.592. The van der Waals surface area contributed by atoms with Gasteiger partial charge in [-0.2, -0.15) is 8.42 Å². The molecule has 3 rings (SSSR count). The monoisotopic (exact) mass is 281 g/mol. The number of anilines is 1. The fourth-order valence-corrected chi connectivity index (χ4v) is 1.53. The van der Waals surface area contributed by atoms with Gasteiger partial charge < -0.3 is 10.7 Å². The molecular weight excluding hydrogens is 270 g/mol. The Labute approximate surface area is 108 Å².